The van der Waals surface area contributed by atoms with Crippen LogP contribution in [0.25, 0.3) is 0 Å². The van der Waals surface area contributed by atoms with Crippen LogP contribution in [0.5, 0.6) is 0 Å². The van der Waals surface area contributed by atoms with Gasteiger partial charge in [-0.05, 0) is 31.6 Å². The van der Waals surface area contributed by atoms with Crippen molar-refractivity contribution in [3.63, 3.8) is 0 Å². The maximum absolute atomic E-state index is 12.3. The summed E-state index contributed by atoms with van der Waals surface area (Å²) in [7, 11) is 0. The zero-order valence-electron chi connectivity index (χ0n) is 13.2. The second-order valence-electron chi connectivity index (χ2n) is 6.46. The largest absolute Gasteiger partial charge is 0.481 e. The molecule has 2 heterocycles. The number of carboxylic acids is 1. The Morgan fingerprint density at radius 2 is 2.00 bits per heavy atom. The molecule has 2 aliphatic rings. The Kier molecular flexibility index (Phi) is 5.15. The standard InChI is InChI=1S/C16H23N3O3S/c20-14(21)12-7-4-8-19(10-12)16(22)18-15-17-9-13(23-15)11-5-2-1-3-6-11/h9,11-12H,1-8,10H2,(H,20,21)(H,17,18,22). The van der Waals surface area contributed by atoms with Gasteiger partial charge in [0, 0.05) is 24.2 Å². The number of amides is 2. The number of carbonyl (C=O) groups excluding carboxylic acids is 1. The molecule has 23 heavy (non-hydrogen) atoms. The van der Waals surface area contributed by atoms with Crippen molar-refractivity contribution in [2.24, 2.45) is 5.92 Å². The first-order valence-electron chi connectivity index (χ1n) is 8.38. The minimum atomic E-state index is -0.823. The quantitative estimate of drug-likeness (QED) is 0.884. The number of rotatable bonds is 3. The summed E-state index contributed by atoms with van der Waals surface area (Å²) >= 11 is 1.55. The monoisotopic (exact) mass is 337 g/mol. The highest BCUT2D eigenvalue weighted by molar-refractivity contribution is 7.15. The van der Waals surface area contributed by atoms with Gasteiger partial charge in [-0.2, -0.15) is 0 Å². The van der Waals surface area contributed by atoms with Crippen LogP contribution in [0.2, 0.25) is 0 Å². The molecular formula is C16H23N3O3S. The average Bonchev–Trinajstić information content (AvgIpc) is 3.04. The second kappa shape index (κ2) is 7.29. The number of hydrogen-bond donors (Lipinski definition) is 2. The predicted molar refractivity (Wildman–Crippen MR) is 88.9 cm³/mol. The Bertz CT molecular complexity index is 569. The van der Waals surface area contributed by atoms with Gasteiger partial charge in [-0.15, -0.1) is 11.3 Å². The van der Waals surface area contributed by atoms with Gasteiger partial charge in [-0.3, -0.25) is 10.1 Å². The fraction of sp³-hybridized carbons (Fsp3) is 0.688. The highest BCUT2D eigenvalue weighted by atomic mass is 32.1. The van der Waals surface area contributed by atoms with Crippen LogP contribution in [-0.4, -0.2) is 40.1 Å². The Balaban J connectivity index is 1.57. The molecule has 1 saturated heterocycles. The molecule has 7 heteroatoms. The summed E-state index contributed by atoms with van der Waals surface area (Å²) in [4.78, 5) is 30.6. The lowest BCUT2D eigenvalue weighted by Gasteiger charge is -2.30. The molecule has 6 nitrogen and oxygen atoms in total. The van der Waals surface area contributed by atoms with Crippen LogP contribution in [0, 0.1) is 5.92 Å². The summed E-state index contributed by atoms with van der Waals surface area (Å²) in [5.74, 6) is -0.696. The number of urea groups is 1. The molecule has 1 aromatic heterocycles. The van der Waals surface area contributed by atoms with Gasteiger partial charge in [0.1, 0.15) is 0 Å². The van der Waals surface area contributed by atoms with Gasteiger partial charge in [0.2, 0.25) is 0 Å². The third-order valence-corrected chi connectivity index (χ3v) is 5.88. The molecule has 3 rings (SSSR count). The Morgan fingerprint density at radius 3 is 2.74 bits per heavy atom. The molecule has 1 aliphatic heterocycles. The van der Waals surface area contributed by atoms with Crippen molar-refractivity contribution < 1.29 is 14.7 Å². The molecule has 0 aromatic carbocycles. The summed E-state index contributed by atoms with van der Waals surface area (Å²) < 4.78 is 0. The van der Waals surface area contributed by atoms with E-state index in [4.69, 9.17) is 5.11 Å². The molecule has 0 radical (unpaired) electrons. The van der Waals surface area contributed by atoms with Gasteiger partial charge in [0.25, 0.3) is 0 Å². The summed E-state index contributed by atoms with van der Waals surface area (Å²) in [6.45, 7) is 0.887. The molecule has 0 bridgehead atoms. The van der Waals surface area contributed by atoms with E-state index in [0.29, 0.717) is 24.0 Å². The zero-order chi connectivity index (χ0) is 16.2. The lowest BCUT2D eigenvalue weighted by Crippen LogP contribution is -2.44. The zero-order valence-corrected chi connectivity index (χ0v) is 14.0. The Morgan fingerprint density at radius 1 is 1.22 bits per heavy atom. The minimum Gasteiger partial charge on any atom is -0.481 e. The number of carbonyl (C=O) groups is 2. The molecule has 1 atom stereocenters. The number of piperidine rings is 1. The van der Waals surface area contributed by atoms with Gasteiger partial charge in [0.05, 0.1) is 5.92 Å². The van der Waals surface area contributed by atoms with E-state index in [1.54, 1.807) is 16.2 Å². The first kappa shape index (κ1) is 16.2. The van der Waals surface area contributed by atoms with Crippen LogP contribution in [0.3, 0.4) is 0 Å². The van der Waals surface area contributed by atoms with Gasteiger partial charge in [-0.1, -0.05) is 19.3 Å². The van der Waals surface area contributed by atoms with E-state index in [0.717, 1.165) is 6.42 Å². The number of likely N-dealkylation sites (tertiary alicyclic amines) is 1. The van der Waals surface area contributed by atoms with E-state index in [2.05, 4.69) is 10.3 Å². The van der Waals surface area contributed by atoms with Crippen molar-refractivity contribution in [3.8, 4) is 0 Å². The molecule has 1 saturated carbocycles. The van der Waals surface area contributed by atoms with Gasteiger partial charge < -0.3 is 10.0 Å². The smallest absolute Gasteiger partial charge is 0.323 e. The Labute approximate surface area is 139 Å². The number of nitrogens with zero attached hydrogens (tertiary/aromatic N) is 2. The SMILES string of the molecule is O=C(O)C1CCCN(C(=O)Nc2ncc(C3CCCCC3)s2)C1. The number of carboxylic acid groups (broad SMARTS) is 1. The highest BCUT2D eigenvalue weighted by Crippen LogP contribution is 2.36. The summed E-state index contributed by atoms with van der Waals surface area (Å²) in [5.41, 5.74) is 0. The van der Waals surface area contributed by atoms with Crippen molar-refractivity contribution in [2.45, 2.75) is 50.9 Å². The number of aromatic nitrogens is 1. The molecule has 0 spiro atoms. The van der Waals surface area contributed by atoms with Crippen molar-refractivity contribution >= 4 is 28.5 Å². The summed E-state index contributed by atoms with van der Waals surface area (Å²) in [6, 6.07) is -0.236. The van der Waals surface area contributed by atoms with Crippen LogP contribution < -0.4 is 5.32 Å². The molecule has 2 amide bonds. The van der Waals surface area contributed by atoms with Gasteiger partial charge in [-0.25, -0.2) is 9.78 Å². The fourth-order valence-corrected chi connectivity index (χ4v) is 4.43. The summed E-state index contributed by atoms with van der Waals surface area (Å²) in [6.07, 6.45) is 9.54. The van der Waals surface area contributed by atoms with E-state index < -0.39 is 11.9 Å². The third-order valence-electron chi connectivity index (χ3n) is 4.80. The summed E-state index contributed by atoms with van der Waals surface area (Å²) in [5, 5.41) is 12.6. The van der Waals surface area contributed by atoms with E-state index >= 15 is 0 Å². The number of anilines is 1. The number of thiazole rings is 1. The van der Waals surface area contributed by atoms with Crippen molar-refractivity contribution in [2.75, 3.05) is 18.4 Å². The first-order valence-corrected chi connectivity index (χ1v) is 9.19. The van der Waals surface area contributed by atoms with Crippen LogP contribution in [0.1, 0.15) is 55.7 Å². The van der Waals surface area contributed by atoms with E-state index in [1.807, 2.05) is 6.20 Å². The molecule has 1 aromatic rings. The van der Waals surface area contributed by atoms with Crippen LogP contribution in [-0.2, 0) is 4.79 Å². The van der Waals surface area contributed by atoms with E-state index in [9.17, 15) is 9.59 Å². The molecule has 1 aliphatic carbocycles. The van der Waals surface area contributed by atoms with Crippen LogP contribution in [0.4, 0.5) is 9.93 Å². The Hall–Kier alpha value is -1.63. The third kappa shape index (κ3) is 4.02. The number of nitrogens with one attached hydrogen (secondary N) is 1. The molecule has 2 fully saturated rings. The van der Waals surface area contributed by atoms with Crippen molar-refractivity contribution in [3.05, 3.63) is 11.1 Å². The maximum atomic E-state index is 12.3. The van der Waals surface area contributed by atoms with Crippen LogP contribution >= 0.6 is 11.3 Å². The normalized spacial score (nSPS) is 22.8. The van der Waals surface area contributed by atoms with Gasteiger partial charge >= 0.3 is 12.0 Å². The number of aliphatic carboxylic acids is 1. The van der Waals surface area contributed by atoms with E-state index in [1.165, 1.54) is 37.0 Å². The molecule has 126 valence electrons. The molecular weight excluding hydrogens is 314 g/mol. The topological polar surface area (TPSA) is 82.5 Å². The first-order chi connectivity index (χ1) is 11.1. The second-order valence-corrected chi connectivity index (χ2v) is 7.52. The maximum Gasteiger partial charge on any atom is 0.323 e. The lowest BCUT2D eigenvalue weighted by molar-refractivity contribution is -0.143. The number of hydrogen-bond acceptors (Lipinski definition) is 4. The van der Waals surface area contributed by atoms with Crippen molar-refractivity contribution in [1.82, 2.24) is 9.88 Å². The molecule has 1 unspecified atom stereocenters. The minimum absolute atomic E-state index is 0.236. The van der Waals surface area contributed by atoms with Gasteiger partial charge in [0.15, 0.2) is 5.13 Å². The predicted octanol–water partition coefficient (Wildman–Crippen LogP) is 3.52. The van der Waals surface area contributed by atoms with Crippen molar-refractivity contribution in [1.29, 1.82) is 0 Å². The van der Waals surface area contributed by atoms with E-state index in [-0.39, 0.29) is 12.6 Å². The lowest BCUT2D eigenvalue weighted by atomic mass is 9.89. The molecule has 2 N–H and O–H groups in total. The highest BCUT2D eigenvalue weighted by Gasteiger charge is 2.28. The average molecular weight is 337 g/mol. The van der Waals surface area contributed by atoms with Crippen LogP contribution in [0.15, 0.2) is 6.20 Å². The fourth-order valence-electron chi connectivity index (χ4n) is 3.45.